The molecule has 0 aromatic carbocycles. The lowest BCUT2D eigenvalue weighted by molar-refractivity contribution is -0.301. The van der Waals surface area contributed by atoms with Crippen LogP contribution in [0.25, 0.3) is 0 Å². The van der Waals surface area contributed by atoms with Gasteiger partial charge in [-0.1, -0.05) is 220 Å². The second kappa shape index (κ2) is 50.8. The standard InChI is InChI=1S/C61H104O12S/c1-3-5-7-9-11-13-15-17-19-21-23-25-26-27-28-29-31-33-35-37-39-41-43-45-47-49-51-69-53-55(54-70-61-59(65)60(73-74(66,67)68)58(64)56(52-62)72-61)71-57(63)50-48-46-44-42-40-38-36-34-32-30-24-22-20-18-16-14-12-10-8-6-4-2/h5-8,11-14,17-20,23-25,30,55-56,58-62,64-65H,3-4,9-10,15-16,21-22,26-29,31-54H2,1-2H3,(H,66,67,68)/b7-5-,8-6-,13-11-,14-12-,19-17-,20-18-,25-23-,30-24-. The summed E-state index contributed by atoms with van der Waals surface area (Å²) < 4.78 is 59.5. The summed E-state index contributed by atoms with van der Waals surface area (Å²) in [6, 6.07) is 0. The predicted molar refractivity (Wildman–Crippen MR) is 303 cm³/mol. The number of aliphatic hydroxyl groups is 3. The molecule has 1 aliphatic rings. The molecule has 12 nitrogen and oxygen atoms in total. The average Bonchev–Trinajstić information content (AvgIpc) is 3.38. The maximum atomic E-state index is 13.0. The van der Waals surface area contributed by atoms with Gasteiger partial charge in [0, 0.05) is 13.0 Å². The summed E-state index contributed by atoms with van der Waals surface area (Å²) in [5.41, 5.74) is 0. The molecule has 0 radical (unpaired) electrons. The maximum Gasteiger partial charge on any atom is 0.397 e. The first kappa shape index (κ1) is 69.0. The largest absolute Gasteiger partial charge is 0.457 e. The number of aliphatic hydroxyl groups excluding tert-OH is 3. The van der Waals surface area contributed by atoms with Crippen LogP contribution in [0.4, 0.5) is 0 Å². The van der Waals surface area contributed by atoms with E-state index in [9.17, 15) is 33.1 Å². The van der Waals surface area contributed by atoms with Gasteiger partial charge in [0.25, 0.3) is 0 Å². The lowest BCUT2D eigenvalue weighted by atomic mass is 9.99. The van der Waals surface area contributed by atoms with E-state index in [0.29, 0.717) is 13.0 Å². The van der Waals surface area contributed by atoms with Crippen LogP contribution in [0.15, 0.2) is 97.2 Å². The number of unbranched alkanes of at least 4 members (excludes halogenated alkanes) is 21. The number of ether oxygens (including phenoxy) is 4. The second-order valence-corrected chi connectivity index (χ2v) is 20.5. The Morgan fingerprint density at radius 2 is 0.892 bits per heavy atom. The summed E-state index contributed by atoms with van der Waals surface area (Å²) in [6.45, 7) is 3.77. The monoisotopic (exact) mass is 1060 g/mol. The fourth-order valence-corrected chi connectivity index (χ4v) is 8.93. The van der Waals surface area contributed by atoms with E-state index >= 15 is 0 Å². The van der Waals surface area contributed by atoms with E-state index in [0.717, 1.165) is 96.3 Å². The van der Waals surface area contributed by atoms with E-state index in [1.54, 1.807) is 0 Å². The fourth-order valence-electron chi connectivity index (χ4n) is 8.42. The summed E-state index contributed by atoms with van der Waals surface area (Å²) in [5, 5.41) is 30.9. The van der Waals surface area contributed by atoms with Gasteiger partial charge in [0.05, 0.1) is 19.8 Å². The van der Waals surface area contributed by atoms with E-state index in [1.165, 1.54) is 96.3 Å². The zero-order valence-electron chi connectivity index (χ0n) is 46.1. The minimum absolute atomic E-state index is 0.0269. The van der Waals surface area contributed by atoms with Crippen LogP contribution in [0.1, 0.15) is 219 Å². The molecule has 13 heteroatoms. The van der Waals surface area contributed by atoms with Gasteiger partial charge in [-0.05, 0) is 89.9 Å². The van der Waals surface area contributed by atoms with Gasteiger partial charge >= 0.3 is 16.4 Å². The molecular formula is C61H104O12S. The topological polar surface area (TPSA) is 178 Å². The van der Waals surface area contributed by atoms with Gasteiger partial charge < -0.3 is 34.3 Å². The molecule has 426 valence electrons. The van der Waals surface area contributed by atoms with E-state index in [4.69, 9.17) is 18.9 Å². The molecule has 0 amide bonds. The summed E-state index contributed by atoms with van der Waals surface area (Å²) in [5.74, 6) is -0.409. The molecule has 74 heavy (non-hydrogen) atoms. The quantitative estimate of drug-likeness (QED) is 0.0196. The van der Waals surface area contributed by atoms with Crippen LogP contribution in [-0.4, -0.2) is 97.5 Å². The van der Waals surface area contributed by atoms with Crippen LogP contribution in [0, 0.1) is 0 Å². The highest BCUT2D eigenvalue weighted by Gasteiger charge is 2.48. The molecule has 0 aliphatic carbocycles. The van der Waals surface area contributed by atoms with Crippen molar-refractivity contribution >= 4 is 16.4 Å². The lowest BCUT2D eigenvalue weighted by Gasteiger charge is -2.41. The summed E-state index contributed by atoms with van der Waals surface area (Å²) in [6.07, 6.45) is 61.5. The minimum Gasteiger partial charge on any atom is -0.457 e. The van der Waals surface area contributed by atoms with Gasteiger partial charge in [0.15, 0.2) is 6.29 Å². The summed E-state index contributed by atoms with van der Waals surface area (Å²) in [7, 11) is -5.07. The van der Waals surface area contributed by atoms with E-state index in [1.807, 2.05) is 0 Å². The second-order valence-electron chi connectivity index (χ2n) is 19.5. The van der Waals surface area contributed by atoms with Gasteiger partial charge in [-0.15, -0.1) is 0 Å². The third-order valence-corrected chi connectivity index (χ3v) is 13.2. The molecule has 1 heterocycles. The lowest BCUT2D eigenvalue weighted by Crippen LogP contribution is -2.60. The Hall–Kier alpha value is -2.98. The summed E-state index contributed by atoms with van der Waals surface area (Å²) >= 11 is 0. The Balaban J connectivity index is 2.30. The van der Waals surface area contributed by atoms with E-state index in [-0.39, 0.29) is 19.6 Å². The zero-order valence-corrected chi connectivity index (χ0v) is 46.9. The molecule has 1 saturated heterocycles. The molecule has 0 aromatic rings. The van der Waals surface area contributed by atoms with Crippen LogP contribution >= 0.6 is 0 Å². The van der Waals surface area contributed by atoms with Crippen LogP contribution in [0.3, 0.4) is 0 Å². The molecule has 0 aromatic heterocycles. The third-order valence-electron chi connectivity index (χ3n) is 12.7. The highest BCUT2D eigenvalue weighted by molar-refractivity contribution is 7.80. The Bertz CT molecular complexity index is 1650. The molecule has 1 aliphatic heterocycles. The number of hydrogen-bond acceptors (Lipinski definition) is 11. The first-order valence-electron chi connectivity index (χ1n) is 29.0. The zero-order chi connectivity index (χ0) is 53.8. The molecule has 6 unspecified atom stereocenters. The van der Waals surface area contributed by atoms with Gasteiger partial charge in [0.2, 0.25) is 0 Å². The van der Waals surface area contributed by atoms with Crippen LogP contribution in [0.5, 0.6) is 0 Å². The number of rotatable bonds is 50. The number of carbonyl (C=O) groups excluding carboxylic acids is 1. The van der Waals surface area contributed by atoms with Crippen molar-refractivity contribution in [3.8, 4) is 0 Å². The molecule has 1 fully saturated rings. The van der Waals surface area contributed by atoms with Crippen LogP contribution < -0.4 is 0 Å². The number of esters is 1. The van der Waals surface area contributed by atoms with Crippen molar-refractivity contribution in [3.05, 3.63) is 97.2 Å². The van der Waals surface area contributed by atoms with Crippen molar-refractivity contribution in [1.82, 2.24) is 0 Å². The van der Waals surface area contributed by atoms with E-state index in [2.05, 4.69) is 115 Å². The number of allylic oxidation sites excluding steroid dienone is 16. The molecule has 4 N–H and O–H groups in total. The molecule has 0 saturated carbocycles. The van der Waals surface area contributed by atoms with Gasteiger partial charge in [-0.2, -0.15) is 8.42 Å². The maximum absolute atomic E-state index is 13.0. The average molecular weight is 1060 g/mol. The van der Waals surface area contributed by atoms with Gasteiger partial charge in [-0.25, -0.2) is 4.18 Å². The number of carbonyl (C=O) groups is 1. The first-order chi connectivity index (χ1) is 36.1. The van der Waals surface area contributed by atoms with Crippen molar-refractivity contribution in [2.24, 2.45) is 0 Å². The Kier molecular flexibility index (Phi) is 47.4. The molecule has 6 atom stereocenters. The third kappa shape index (κ3) is 43.2. The van der Waals surface area contributed by atoms with Crippen molar-refractivity contribution in [1.29, 1.82) is 0 Å². The summed E-state index contributed by atoms with van der Waals surface area (Å²) in [4.78, 5) is 13.0. The molecular weight excluding hydrogens is 957 g/mol. The first-order valence-corrected chi connectivity index (χ1v) is 30.4. The van der Waals surface area contributed by atoms with Crippen molar-refractivity contribution in [2.75, 3.05) is 26.4 Å². The van der Waals surface area contributed by atoms with Crippen molar-refractivity contribution in [3.63, 3.8) is 0 Å². The van der Waals surface area contributed by atoms with Gasteiger partial charge in [0.1, 0.15) is 30.5 Å². The van der Waals surface area contributed by atoms with Crippen molar-refractivity contribution in [2.45, 2.75) is 256 Å². The normalized spacial score (nSPS) is 19.5. The van der Waals surface area contributed by atoms with Crippen molar-refractivity contribution < 1.29 is 56.2 Å². The van der Waals surface area contributed by atoms with E-state index < -0.39 is 59.8 Å². The smallest absolute Gasteiger partial charge is 0.397 e. The van der Waals surface area contributed by atoms with Crippen LogP contribution in [0.2, 0.25) is 0 Å². The highest BCUT2D eigenvalue weighted by Crippen LogP contribution is 2.26. The fraction of sp³-hybridized carbons (Fsp3) is 0.721. The van der Waals surface area contributed by atoms with Crippen LogP contribution in [-0.2, 0) is 38.3 Å². The Morgan fingerprint density at radius 1 is 0.514 bits per heavy atom. The number of hydrogen-bond donors (Lipinski definition) is 4. The van der Waals surface area contributed by atoms with Gasteiger partial charge in [-0.3, -0.25) is 9.35 Å². The molecule has 1 rings (SSSR count). The molecule has 0 bridgehead atoms. The molecule has 0 spiro atoms. The Morgan fingerprint density at radius 3 is 1.30 bits per heavy atom. The highest BCUT2D eigenvalue weighted by atomic mass is 32.3. The predicted octanol–water partition coefficient (Wildman–Crippen LogP) is 14.5. The minimum atomic E-state index is -5.07. The Labute approximate surface area is 450 Å². The SMILES string of the molecule is CC/C=C\C/C=C\C/C=C\C/C=C\CCCCCCCCCCCCCCCOCC(COC1OC(CO)C(O)C(OS(=O)(=O)O)C1O)OC(=O)CCCCCCCCCC/C=C\C/C=C\C/C=C\C/C=C\CC.